The van der Waals surface area contributed by atoms with Crippen molar-refractivity contribution in [3.63, 3.8) is 0 Å². The molecule has 0 aliphatic heterocycles. The topological polar surface area (TPSA) is 0 Å². The molecule has 0 radical (unpaired) electrons. The van der Waals surface area contributed by atoms with Gasteiger partial charge in [-0.3, -0.25) is 0 Å². The smallest absolute Gasteiger partial charge is 0.0157 e. The number of hydrogen-bond donors (Lipinski definition) is 0. The normalized spacial score (nSPS) is 11.8. The fourth-order valence-electron chi connectivity index (χ4n) is 2.15. The second-order valence-corrected chi connectivity index (χ2v) is 4.62. The van der Waals surface area contributed by atoms with E-state index in [9.17, 15) is 0 Å². The summed E-state index contributed by atoms with van der Waals surface area (Å²) in [5, 5.41) is 0. The number of benzene rings is 1. The Morgan fingerprint density at radius 3 is 2.14 bits per heavy atom. The van der Waals surface area contributed by atoms with Crippen molar-refractivity contribution < 1.29 is 0 Å². The van der Waals surface area contributed by atoms with Crippen LogP contribution in [0.5, 0.6) is 0 Å². The van der Waals surface area contributed by atoms with Gasteiger partial charge in [0.25, 0.3) is 0 Å². The van der Waals surface area contributed by atoms with Gasteiger partial charge in [-0.1, -0.05) is 135 Å². The molecule has 0 aromatic heterocycles. The Labute approximate surface area is 176 Å². The van der Waals surface area contributed by atoms with Gasteiger partial charge in [0, 0.05) is 0 Å². The summed E-state index contributed by atoms with van der Waals surface area (Å²) in [5.41, 5.74) is 4.85. The van der Waals surface area contributed by atoms with Crippen LogP contribution >= 0.6 is 0 Å². The molecule has 0 heteroatoms. The Balaban J connectivity index is -0.000000695. The molecule has 0 fully saturated rings. The molecule has 0 bridgehead atoms. The number of hydrogen-bond acceptors (Lipinski definition) is 0. The first-order valence-electron chi connectivity index (χ1n) is 10.9. The van der Waals surface area contributed by atoms with Crippen molar-refractivity contribution in [3.05, 3.63) is 96.7 Å². The minimum atomic E-state index is 0.981. The molecule has 0 saturated carbocycles. The fraction of sp³-hybridized carbons (Fsp3) is 0.357. The minimum Gasteiger partial charge on any atom is -0.0984 e. The average Bonchev–Trinajstić information content (AvgIpc) is 3.10. The molecule has 1 aliphatic carbocycles. The third kappa shape index (κ3) is 12.9. The monoisotopic (exact) mass is 380 g/mol. The fourth-order valence-corrected chi connectivity index (χ4v) is 2.15. The van der Waals surface area contributed by atoms with Crippen LogP contribution in [-0.2, 0) is 0 Å². The Morgan fingerprint density at radius 2 is 1.57 bits per heavy atom. The maximum Gasteiger partial charge on any atom is -0.0157 e. The van der Waals surface area contributed by atoms with Crippen LogP contribution in [0.3, 0.4) is 0 Å². The third-order valence-electron chi connectivity index (χ3n) is 3.21. The van der Waals surface area contributed by atoms with E-state index in [1.54, 1.807) is 0 Å². The molecule has 0 amide bonds. The van der Waals surface area contributed by atoms with E-state index in [2.05, 4.69) is 67.3 Å². The van der Waals surface area contributed by atoms with Gasteiger partial charge in [-0.25, -0.2) is 0 Å². The first kappa shape index (κ1) is 30.4. The highest BCUT2D eigenvalue weighted by Crippen LogP contribution is 2.23. The quantitative estimate of drug-likeness (QED) is 0.456. The van der Waals surface area contributed by atoms with Gasteiger partial charge in [-0.05, 0) is 41.7 Å². The van der Waals surface area contributed by atoms with Gasteiger partial charge >= 0.3 is 0 Å². The molecular formula is C28H44. The predicted molar refractivity (Wildman–Crippen MR) is 136 cm³/mol. The Hall–Kier alpha value is -2.34. The first-order chi connectivity index (χ1) is 13.8. The molecule has 2 rings (SSSR count). The zero-order chi connectivity index (χ0) is 22.2. The molecule has 156 valence electrons. The molecule has 0 spiro atoms. The van der Waals surface area contributed by atoms with Crippen molar-refractivity contribution in [1.29, 1.82) is 0 Å². The lowest BCUT2D eigenvalue weighted by atomic mass is 9.98. The highest BCUT2D eigenvalue weighted by molar-refractivity contribution is 5.80. The zero-order valence-corrected chi connectivity index (χ0v) is 19.9. The molecule has 1 aromatic rings. The molecule has 0 saturated heterocycles. The Kier molecular flexibility index (Phi) is 26.8. The SMILES string of the molecule is C=C/C(=C\C=C/C)c1cccc(C2=CCC=CC=C2)c1.CC.CC.CC.CC. The summed E-state index contributed by atoms with van der Waals surface area (Å²) >= 11 is 0. The van der Waals surface area contributed by atoms with Crippen LogP contribution in [0.25, 0.3) is 11.1 Å². The van der Waals surface area contributed by atoms with Gasteiger partial charge in [0.1, 0.15) is 0 Å². The largest absolute Gasteiger partial charge is 0.0984 e. The minimum absolute atomic E-state index is 0.981. The summed E-state index contributed by atoms with van der Waals surface area (Å²) in [6.07, 6.45) is 19.8. The van der Waals surface area contributed by atoms with E-state index >= 15 is 0 Å². The molecule has 0 N–H and O–H groups in total. The van der Waals surface area contributed by atoms with Crippen molar-refractivity contribution in [1.82, 2.24) is 0 Å². The van der Waals surface area contributed by atoms with Gasteiger partial charge in [0.2, 0.25) is 0 Å². The molecular weight excluding hydrogens is 336 g/mol. The lowest BCUT2D eigenvalue weighted by Crippen LogP contribution is -1.86. The van der Waals surface area contributed by atoms with Crippen LogP contribution in [0.4, 0.5) is 0 Å². The molecule has 0 nitrogen and oxygen atoms in total. The van der Waals surface area contributed by atoms with Gasteiger partial charge in [-0.2, -0.15) is 0 Å². The number of rotatable bonds is 4. The molecule has 0 unspecified atom stereocenters. The van der Waals surface area contributed by atoms with E-state index in [0.717, 1.165) is 12.0 Å². The summed E-state index contributed by atoms with van der Waals surface area (Å²) in [6, 6.07) is 8.60. The summed E-state index contributed by atoms with van der Waals surface area (Å²) in [4.78, 5) is 0. The molecule has 1 aromatic carbocycles. The van der Waals surface area contributed by atoms with Crippen molar-refractivity contribution in [3.8, 4) is 0 Å². The van der Waals surface area contributed by atoms with Crippen molar-refractivity contribution in [2.45, 2.75) is 68.7 Å². The second kappa shape index (κ2) is 24.7. The van der Waals surface area contributed by atoms with Crippen LogP contribution in [0, 0.1) is 0 Å². The third-order valence-corrected chi connectivity index (χ3v) is 3.21. The van der Waals surface area contributed by atoms with Gasteiger partial charge < -0.3 is 0 Å². The molecule has 0 heterocycles. The van der Waals surface area contributed by atoms with Crippen molar-refractivity contribution in [2.24, 2.45) is 0 Å². The molecule has 0 atom stereocenters. The highest BCUT2D eigenvalue weighted by atomic mass is 14.1. The van der Waals surface area contributed by atoms with E-state index in [1.165, 1.54) is 16.7 Å². The summed E-state index contributed by atoms with van der Waals surface area (Å²) in [6.45, 7) is 21.9. The average molecular weight is 381 g/mol. The van der Waals surface area contributed by atoms with Gasteiger partial charge in [-0.15, -0.1) is 0 Å². The van der Waals surface area contributed by atoms with E-state index in [-0.39, 0.29) is 0 Å². The van der Waals surface area contributed by atoms with Crippen LogP contribution in [0.15, 0.2) is 85.5 Å². The van der Waals surface area contributed by atoms with E-state index in [4.69, 9.17) is 0 Å². The maximum absolute atomic E-state index is 3.91. The lowest BCUT2D eigenvalue weighted by Gasteiger charge is -2.07. The van der Waals surface area contributed by atoms with Crippen molar-refractivity contribution in [2.75, 3.05) is 0 Å². The standard InChI is InChI=1S/C20H20.4C2H6/c1-3-5-11-17(4-2)19-14-10-15-20(16-19)18-12-8-6-7-9-13-18;4*1-2/h3-8,10-16H,2,9H2,1H3;4*1-2H3/b5-3-,17-11+;;;;. The highest BCUT2D eigenvalue weighted by Gasteiger charge is 2.02. The van der Waals surface area contributed by atoms with Crippen LogP contribution in [0.2, 0.25) is 0 Å². The van der Waals surface area contributed by atoms with Crippen LogP contribution in [0.1, 0.15) is 79.9 Å². The zero-order valence-electron chi connectivity index (χ0n) is 19.9. The van der Waals surface area contributed by atoms with Crippen LogP contribution < -0.4 is 0 Å². The van der Waals surface area contributed by atoms with Crippen LogP contribution in [-0.4, -0.2) is 0 Å². The first-order valence-corrected chi connectivity index (χ1v) is 10.9. The lowest BCUT2D eigenvalue weighted by molar-refractivity contribution is 1.40. The predicted octanol–water partition coefficient (Wildman–Crippen LogP) is 9.84. The van der Waals surface area contributed by atoms with Gasteiger partial charge in [0.15, 0.2) is 0 Å². The summed E-state index contributed by atoms with van der Waals surface area (Å²) in [7, 11) is 0. The molecule has 28 heavy (non-hydrogen) atoms. The van der Waals surface area contributed by atoms with Gasteiger partial charge in [0.05, 0.1) is 0 Å². The van der Waals surface area contributed by atoms with E-state index in [1.807, 2.05) is 80.5 Å². The maximum atomic E-state index is 3.91. The van der Waals surface area contributed by atoms with E-state index in [0.29, 0.717) is 0 Å². The Morgan fingerprint density at radius 1 is 0.929 bits per heavy atom. The number of allylic oxidation sites excluding steroid dienone is 11. The summed E-state index contributed by atoms with van der Waals surface area (Å²) in [5.74, 6) is 0. The van der Waals surface area contributed by atoms with Crippen molar-refractivity contribution >= 4 is 11.1 Å². The Bertz CT molecular complexity index is 619. The second-order valence-electron chi connectivity index (χ2n) is 4.62. The summed E-state index contributed by atoms with van der Waals surface area (Å²) < 4.78 is 0. The van der Waals surface area contributed by atoms with E-state index < -0.39 is 0 Å². The molecule has 1 aliphatic rings.